The van der Waals surface area contributed by atoms with Crippen LogP contribution in [0.5, 0.6) is 0 Å². The van der Waals surface area contributed by atoms with Gasteiger partial charge in [0.15, 0.2) is 0 Å². The van der Waals surface area contributed by atoms with Crippen LogP contribution in [0.15, 0.2) is 18.2 Å². The highest BCUT2D eigenvalue weighted by molar-refractivity contribution is 5.88. The number of carbonyl (C=O) groups is 1. The van der Waals surface area contributed by atoms with Crippen molar-refractivity contribution in [3.05, 3.63) is 24.0 Å². The minimum Gasteiger partial charge on any atom is -0.399 e. The van der Waals surface area contributed by atoms with Crippen molar-refractivity contribution in [2.24, 2.45) is 0 Å². The number of hydrogen-bond acceptors (Lipinski definition) is 2. The molecule has 0 saturated heterocycles. The monoisotopic (exact) mass is 168 g/mol. The minimum absolute atomic E-state index is 0.150. The van der Waals surface area contributed by atoms with Gasteiger partial charge in [-0.15, -0.1) is 0 Å². The number of benzene rings is 1. The van der Waals surface area contributed by atoms with Crippen molar-refractivity contribution >= 4 is 17.3 Å². The number of rotatable bonds is 1. The summed E-state index contributed by atoms with van der Waals surface area (Å²) < 4.78 is 12.9. The van der Waals surface area contributed by atoms with E-state index < -0.39 is 5.82 Å². The van der Waals surface area contributed by atoms with Crippen LogP contribution in [0.1, 0.15) is 6.92 Å². The van der Waals surface area contributed by atoms with Crippen molar-refractivity contribution < 1.29 is 9.18 Å². The highest BCUT2D eigenvalue weighted by atomic mass is 19.1. The van der Waals surface area contributed by atoms with Gasteiger partial charge < -0.3 is 11.1 Å². The highest BCUT2D eigenvalue weighted by Gasteiger charge is 2.02. The van der Waals surface area contributed by atoms with Crippen LogP contribution in [0, 0.1) is 5.82 Å². The molecule has 0 bridgehead atoms. The third-order valence-corrected chi connectivity index (χ3v) is 1.30. The summed E-state index contributed by atoms with van der Waals surface area (Å²) >= 11 is 0. The Morgan fingerprint density at radius 1 is 1.58 bits per heavy atom. The molecule has 0 aromatic heterocycles. The Morgan fingerprint density at radius 3 is 2.75 bits per heavy atom. The molecule has 0 atom stereocenters. The fraction of sp³-hybridized carbons (Fsp3) is 0.125. The van der Waals surface area contributed by atoms with Gasteiger partial charge in [0.05, 0.1) is 5.69 Å². The zero-order valence-electron chi connectivity index (χ0n) is 6.60. The standard InChI is InChI=1S/C8H9FN2O/c1-5(12)11-8-3-2-6(10)4-7(8)9/h2-4H,10H2,1H3,(H,11,12). The Kier molecular flexibility index (Phi) is 2.28. The summed E-state index contributed by atoms with van der Waals surface area (Å²) in [4.78, 5) is 10.5. The van der Waals surface area contributed by atoms with Crippen molar-refractivity contribution in [3.63, 3.8) is 0 Å². The van der Waals surface area contributed by atoms with E-state index in [9.17, 15) is 9.18 Å². The quantitative estimate of drug-likeness (QED) is 0.622. The molecule has 0 heterocycles. The second-order valence-corrected chi connectivity index (χ2v) is 2.42. The van der Waals surface area contributed by atoms with E-state index in [1.807, 2.05) is 0 Å². The van der Waals surface area contributed by atoms with Crippen LogP contribution in [0.4, 0.5) is 15.8 Å². The molecule has 0 saturated carbocycles. The summed E-state index contributed by atoms with van der Waals surface area (Å²) in [6.07, 6.45) is 0. The lowest BCUT2D eigenvalue weighted by Crippen LogP contribution is -2.07. The molecular formula is C8H9FN2O. The maximum absolute atomic E-state index is 12.9. The molecule has 1 aromatic rings. The van der Waals surface area contributed by atoms with Crippen LogP contribution < -0.4 is 11.1 Å². The van der Waals surface area contributed by atoms with Gasteiger partial charge in [0.1, 0.15) is 5.82 Å². The van der Waals surface area contributed by atoms with Gasteiger partial charge >= 0.3 is 0 Å². The van der Waals surface area contributed by atoms with E-state index in [-0.39, 0.29) is 11.6 Å². The summed E-state index contributed by atoms with van der Waals surface area (Å²) in [7, 11) is 0. The summed E-state index contributed by atoms with van der Waals surface area (Å²) in [5, 5.41) is 2.33. The maximum Gasteiger partial charge on any atom is 0.221 e. The first kappa shape index (κ1) is 8.52. The Labute approximate surface area is 69.4 Å². The zero-order valence-corrected chi connectivity index (χ0v) is 6.60. The van der Waals surface area contributed by atoms with E-state index in [1.54, 1.807) is 0 Å². The van der Waals surface area contributed by atoms with Crippen LogP contribution in [0.25, 0.3) is 0 Å². The molecule has 64 valence electrons. The van der Waals surface area contributed by atoms with E-state index in [0.717, 1.165) is 6.07 Å². The first-order valence-corrected chi connectivity index (χ1v) is 3.42. The second-order valence-electron chi connectivity index (χ2n) is 2.42. The summed E-state index contributed by atoms with van der Waals surface area (Å²) in [5.41, 5.74) is 5.79. The molecule has 0 aliphatic rings. The average molecular weight is 168 g/mol. The number of anilines is 2. The SMILES string of the molecule is CC(=O)Nc1ccc(N)cc1F. The van der Waals surface area contributed by atoms with Crippen molar-refractivity contribution in [1.82, 2.24) is 0 Å². The number of amides is 1. The van der Waals surface area contributed by atoms with E-state index in [1.165, 1.54) is 19.1 Å². The molecule has 0 radical (unpaired) electrons. The third kappa shape index (κ3) is 1.95. The Hall–Kier alpha value is -1.58. The topological polar surface area (TPSA) is 55.1 Å². The number of nitrogen functional groups attached to an aromatic ring is 1. The molecule has 4 heteroatoms. The van der Waals surface area contributed by atoms with E-state index in [2.05, 4.69) is 5.32 Å². The van der Waals surface area contributed by atoms with Crippen LogP contribution in [0.2, 0.25) is 0 Å². The maximum atomic E-state index is 12.9. The average Bonchev–Trinajstić information content (AvgIpc) is 1.94. The van der Waals surface area contributed by atoms with E-state index >= 15 is 0 Å². The van der Waals surface area contributed by atoms with Gasteiger partial charge in [0.25, 0.3) is 0 Å². The molecule has 0 aliphatic heterocycles. The summed E-state index contributed by atoms with van der Waals surface area (Å²) in [6, 6.07) is 4.10. The third-order valence-electron chi connectivity index (χ3n) is 1.30. The number of carbonyl (C=O) groups excluding carboxylic acids is 1. The summed E-state index contributed by atoms with van der Waals surface area (Å²) in [6.45, 7) is 1.32. The molecule has 1 rings (SSSR count). The molecule has 1 amide bonds. The van der Waals surface area contributed by atoms with Gasteiger partial charge in [-0.05, 0) is 18.2 Å². The fourth-order valence-electron chi connectivity index (χ4n) is 0.822. The van der Waals surface area contributed by atoms with Crippen molar-refractivity contribution in [2.45, 2.75) is 6.92 Å². The molecule has 3 nitrogen and oxygen atoms in total. The molecule has 12 heavy (non-hydrogen) atoms. The molecule has 0 aliphatic carbocycles. The number of hydrogen-bond donors (Lipinski definition) is 2. The molecule has 0 fully saturated rings. The van der Waals surface area contributed by atoms with Crippen LogP contribution in [-0.4, -0.2) is 5.91 Å². The zero-order chi connectivity index (χ0) is 9.14. The molecule has 3 N–H and O–H groups in total. The predicted octanol–water partition coefficient (Wildman–Crippen LogP) is 1.37. The van der Waals surface area contributed by atoms with Gasteiger partial charge in [0.2, 0.25) is 5.91 Å². The largest absolute Gasteiger partial charge is 0.399 e. The fourth-order valence-corrected chi connectivity index (χ4v) is 0.822. The highest BCUT2D eigenvalue weighted by Crippen LogP contribution is 2.16. The molecule has 1 aromatic carbocycles. The second kappa shape index (κ2) is 3.21. The number of halogens is 1. The molecule has 0 spiro atoms. The normalized spacial score (nSPS) is 9.50. The lowest BCUT2D eigenvalue weighted by molar-refractivity contribution is -0.114. The van der Waals surface area contributed by atoms with Crippen LogP contribution >= 0.6 is 0 Å². The van der Waals surface area contributed by atoms with Crippen molar-refractivity contribution in [3.8, 4) is 0 Å². The van der Waals surface area contributed by atoms with Gasteiger partial charge in [0, 0.05) is 12.6 Å². The summed E-state index contributed by atoms with van der Waals surface area (Å²) in [5.74, 6) is -0.830. The van der Waals surface area contributed by atoms with Gasteiger partial charge in [-0.25, -0.2) is 4.39 Å². The van der Waals surface area contributed by atoms with E-state index in [0.29, 0.717) is 5.69 Å². The van der Waals surface area contributed by atoms with Crippen molar-refractivity contribution in [1.29, 1.82) is 0 Å². The smallest absolute Gasteiger partial charge is 0.221 e. The molecular weight excluding hydrogens is 159 g/mol. The minimum atomic E-state index is -0.523. The van der Waals surface area contributed by atoms with E-state index in [4.69, 9.17) is 5.73 Å². The number of nitrogens with one attached hydrogen (secondary N) is 1. The Morgan fingerprint density at radius 2 is 2.25 bits per heavy atom. The van der Waals surface area contributed by atoms with Crippen molar-refractivity contribution in [2.75, 3.05) is 11.1 Å². The molecule has 0 unspecified atom stereocenters. The Bertz CT molecular complexity index is 312. The van der Waals surface area contributed by atoms with Crippen LogP contribution in [0.3, 0.4) is 0 Å². The van der Waals surface area contributed by atoms with Gasteiger partial charge in [-0.3, -0.25) is 4.79 Å². The van der Waals surface area contributed by atoms with Gasteiger partial charge in [-0.1, -0.05) is 0 Å². The first-order chi connectivity index (χ1) is 5.59. The number of nitrogens with two attached hydrogens (primary N) is 1. The first-order valence-electron chi connectivity index (χ1n) is 3.42. The predicted molar refractivity (Wildman–Crippen MR) is 45.1 cm³/mol. The lowest BCUT2D eigenvalue weighted by atomic mass is 10.2. The van der Waals surface area contributed by atoms with Gasteiger partial charge in [-0.2, -0.15) is 0 Å². The Balaban J connectivity index is 2.93. The lowest BCUT2D eigenvalue weighted by Gasteiger charge is -2.03. The van der Waals surface area contributed by atoms with Crippen LogP contribution in [-0.2, 0) is 4.79 Å².